The lowest BCUT2D eigenvalue weighted by molar-refractivity contribution is -0.130. The summed E-state index contributed by atoms with van der Waals surface area (Å²) in [4.78, 5) is 11.4. The molecule has 0 atom stereocenters. The Hall–Kier alpha value is -0.150. The molecule has 1 aromatic rings. The molecule has 0 radical (unpaired) electrons. The molecule has 0 heterocycles. The van der Waals surface area contributed by atoms with Crippen LogP contribution in [0.25, 0.3) is 0 Å². The Labute approximate surface area is 121 Å². The van der Waals surface area contributed by atoms with Crippen molar-refractivity contribution >= 4 is 51.2 Å². The van der Waals surface area contributed by atoms with Crippen LogP contribution in [0.2, 0.25) is 0 Å². The summed E-state index contributed by atoms with van der Waals surface area (Å²) in [5.74, 6) is 0.0562. The van der Waals surface area contributed by atoms with Crippen LogP contribution in [0, 0.1) is 7.14 Å². The van der Waals surface area contributed by atoms with Gasteiger partial charge in [-0.05, 0) is 69.8 Å². The molecule has 86 valence electrons. The van der Waals surface area contributed by atoms with Gasteiger partial charge in [0.05, 0.1) is 10.2 Å². The monoisotopic (exact) mass is 444 g/mol. The lowest BCUT2D eigenvalue weighted by Crippen LogP contribution is -2.09. The average Bonchev–Trinajstić information content (AvgIpc) is 2.22. The van der Waals surface area contributed by atoms with Gasteiger partial charge in [0.1, 0.15) is 5.75 Å². The van der Waals surface area contributed by atoms with Gasteiger partial charge in [0, 0.05) is 9.14 Å². The highest BCUT2D eigenvalue weighted by molar-refractivity contribution is 14.1. The van der Waals surface area contributed by atoms with Crippen LogP contribution in [-0.4, -0.2) is 11.1 Å². The molecule has 0 saturated heterocycles. The summed E-state index contributed by atoms with van der Waals surface area (Å²) in [6.07, 6.45) is 0. The standard InChI is InChI=1S/C11H10I2O3/c1-6(2)11(15)16-10-4-8(12)7(5-14)3-9(10)13/h3-4,14H,1,5H2,2H3. The summed E-state index contributed by atoms with van der Waals surface area (Å²) < 4.78 is 6.81. The van der Waals surface area contributed by atoms with Gasteiger partial charge in [0.25, 0.3) is 0 Å². The van der Waals surface area contributed by atoms with E-state index in [2.05, 4.69) is 51.8 Å². The number of aliphatic hydroxyl groups is 1. The van der Waals surface area contributed by atoms with E-state index in [1.165, 1.54) is 0 Å². The summed E-state index contributed by atoms with van der Waals surface area (Å²) >= 11 is 4.15. The first kappa shape index (κ1) is 13.9. The molecule has 0 bridgehead atoms. The average molecular weight is 444 g/mol. The number of carbonyl (C=O) groups excluding carboxylic acids is 1. The molecule has 0 saturated carbocycles. The van der Waals surface area contributed by atoms with Crippen molar-refractivity contribution in [3.8, 4) is 5.75 Å². The van der Waals surface area contributed by atoms with Gasteiger partial charge in [0.15, 0.2) is 0 Å². The Morgan fingerprint density at radius 1 is 1.44 bits per heavy atom. The van der Waals surface area contributed by atoms with Crippen LogP contribution in [0.3, 0.4) is 0 Å². The Kier molecular flexibility index (Phi) is 5.19. The lowest BCUT2D eigenvalue weighted by atomic mass is 10.2. The van der Waals surface area contributed by atoms with Gasteiger partial charge in [-0.25, -0.2) is 4.79 Å². The highest BCUT2D eigenvalue weighted by atomic mass is 127. The van der Waals surface area contributed by atoms with Gasteiger partial charge in [-0.1, -0.05) is 6.58 Å². The molecule has 0 amide bonds. The predicted molar refractivity (Wildman–Crippen MR) is 78.2 cm³/mol. The number of esters is 1. The number of benzene rings is 1. The topological polar surface area (TPSA) is 46.5 Å². The van der Waals surface area contributed by atoms with E-state index < -0.39 is 5.97 Å². The lowest BCUT2D eigenvalue weighted by Gasteiger charge is -2.09. The van der Waals surface area contributed by atoms with Crippen LogP contribution in [0.5, 0.6) is 5.75 Å². The second-order valence-corrected chi connectivity index (χ2v) is 5.53. The number of hydrogen-bond donors (Lipinski definition) is 1. The molecular formula is C11H10I2O3. The van der Waals surface area contributed by atoms with Gasteiger partial charge in [-0.15, -0.1) is 0 Å². The van der Waals surface area contributed by atoms with Gasteiger partial charge >= 0.3 is 5.97 Å². The first-order chi connectivity index (χ1) is 7.45. The van der Waals surface area contributed by atoms with Crippen LogP contribution >= 0.6 is 45.2 Å². The van der Waals surface area contributed by atoms with E-state index in [4.69, 9.17) is 9.84 Å². The molecular weight excluding hydrogens is 434 g/mol. The predicted octanol–water partition coefficient (Wildman–Crippen LogP) is 2.87. The van der Waals surface area contributed by atoms with Gasteiger partial charge in [0.2, 0.25) is 0 Å². The molecule has 16 heavy (non-hydrogen) atoms. The third-order valence-corrected chi connectivity index (χ3v) is 3.67. The molecule has 0 aliphatic carbocycles. The van der Waals surface area contributed by atoms with Crippen LogP contribution in [-0.2, 0) is 11.4 Å². The first-order valence-corrected chi connectivity index (χ1v) is 6.58. The van der Waals surface area contributed by atoms with E-state index in [9.17, 15) is 4.79 Å². The molecule has 0 aliphatic rings. The van der Waals surface area contributed by atoms with Crippen molar-refractivity contribution in [2.45, 2.75) is 13.5 Å². The van der Waals surface area contributed by atoms with Crippen molar-refractivity contribution in [3.05, 3.63) is 37.0 Å². The first-order valence-electron chi connectivity index (χ1n) is 4.42. The largest absolute Gasteiger partial charge is 0.422 e. The van der Waals surface area contributed by atoms with Gasteiger partial charge in [-0.2, -0.15) is 0 Å². The van der Waals surface area contributed by atoms with Crippen molar-refractivity contribution in [2.24, 2.45) is 0 Å². The van der Waals surface area contributed by atoms with Gasteiger partial charge < -0.3 is 9.84 Å². The molecule has 3 nitrogen and oxygen atoms in total. The molecule has 1 N–H and O–H groups in total. The van der Waals surface area contributed by atoms with E-state index in [0.717, 1.165) is 12.7 Å². The number of hydrogen-bond acceptors (Lipinski definition) is 3. The van der Waals surface area contributed by atoms with Crippen molar-refractivity contribution < 1.29 is 14.6 Å². The molecule has 1 aromatic carbocycles. The molecule has 0 aliphatic heterocycles. The summed E-state index contributed by atoms with van der Waals surface area (Å²) in [7, 11) is 0. The second-order valence-electron chi connectivity index (χ2n) is 3.20. The van der Waals surface area contributed by atoms with Crippen LogP contribution in [0.1, 0.15) is 12.5 Å². The summed E-state index contributed by atoms with van der Waals surface area (Å²) in [5, 5.41) is 9.07. The Bertz CT molecular complexity index is 441. The fraction of sp³-hybridized carbons (Fsp3) is 0.182. The Morgan fingerprint density at radius 2 is 2.06 bits per heavy atom. The molecule has 0 unspecified atom stereocenters. The maximum atomic E-state index is 11.4. The van der Waals surface area contributed by atoms with Crippen molar-refractivity contribution in [1.82, 2.24) is 0 Å². The summed E-state index contributed by atoms with van der Waals surface area (Å²) in [6.45, 7) is 5.09. The van der Waals surface area contributed by atoms with Crippen molar-refractivity contribution in [1.29, 1.82) is 0 Å². The fourth-order valence-electron chi connectivity index (χ4n) is 0.956. The molecule has 0 spiro atoms. The minimum absolute atomic E-state index is 0.0248. The Morgan fingerprint density at radius 3 is 2.56 bits per heavy atom. The number of rotatable bonds is 3. The molecule has 1 rings (SSSR count). The highest BCUT2D eigenvalue weighted by Crippen LogP contribution is 2.27. The second kappa shape index (κ2) is 5.97. The van der Waals surface area contributed by atoms with Crippen molar-refractivity contribution in [2.75, 3.05) is 0 Å². The Balaban J connectivity index is 3.02. The highest BCUT2D eigenvalue weighted by Gasteiger charge is 2.11. The smallest absolute Gasteiger partial charge is 0.338 e. The normalized spacial score (nSPS) is 10.0. The quantitative estimate of drug-likeness (QED) is 0.338. The number of carbonyl (C=O) groups is 1. The summed E-state index contributed by atoms with van der Waals surface area (Å²) in [6, 6.07) is 3.53. The van der Waals surface area contributed by atoms with E-state index in [-0.39, 0.29) is 6.61 Å². The zero-order chi connectivity index (χ0) is 12.3. The van der Waals surface area contributed by atoms with E-state index >= 15 is 0 Å². The summed E-state index contributed by atoms with van der Waals surface area (Å²) in [5.41, 5.74) is 1.18. The number of halogens is 2. The zero-order valence-electron chi connectivity index (χ0n) is 8.59. The fourth-order valence-corrected chi connectivity index (χ4v) is 2.21. The van der Waals surface area contributed by atoms with E-state index in [0.29, 0.717) is 11.3 Å². The number of aliphatic hydroxyl groups excluding tert-OH is 1. The molecule has 5 heteroatoms. The molecule has 0 aromatic heterocycles. The minimum Gasteiger partial charge on any atom is -0.422 e. The molecule has 0 fully saturated rings. The van der Waals surface area contributed by atoms with Crippen LogP contribution < -0.4 is 4.74 Å². The maximum absolute atomic E-state index is 11.4. The van der Waals surface area contributed by atoms with Crippen molar-refractivity contribution in [3.63, 3.8) is 0 Å². The SMILES string of the molecule is C=C(C)C(=O)Oc1cc(I)c(CO)cc1I. The van der Waals surface area contributed by atoms with Gasteiger partial charge in [-0.3, -0.25) is 0 Å². The third-order valence-electron chi connectivity index (χ3n) is 1.82. The zero-order valence-corrected chi connectivity index (χ0v) is 12.9. The van der Waals surface area contributed by atoms with Crippen LogP contribution in [0.15, 0.2) is 24.3 Å². The maximum Gasteiger partial charge on any atom is 0.338 e. The van der Waals surface area contributed by atoms with E-state index in [1.807, 2.05) is 0 Å². The van der Waals surface area contributed by atoms with Crippen LogP contribution in [0.4, 0.5) is 0 Å². The minimum atomic E-state index is -0.439. The number of ether oxygens (including phenoxy) is 1. The van der Waals surface area contributed by atoms with E-state index in [1.54, 1.807) is 19.1 Å². The third kappa shape index (κ3) is 3.42.